The van der Waals surface area contributed by atoms with E-state index in [4.69, 9.17) is 34.9 Å². The van der Waals surface area contributed by atoms with Gasteiger partial charge in [0.05, 0.1) is 6.10 Å². The summed E-state index contributed by atoms with van der Waals surface area (Å²) in [6.07, 6.45) is 3.95. The van der Waals surface area contributed by atoms with Crippen LogP contribution in [-0.2, 0) is 4.74 Å². The number of nitrogens with two attached hydrogens (primary N) is 1. The summed E-state index contributed by atoms with van der Waals surface area (Å²) >= 11 is 10.1. The summed E-state index contributed by atoms with van der Waals surface area (Å²) in [7, 11) is 0. The largest absolute Gasteiger partial charge is 0.349 e. The van der Waals surface area contributed by atoms with E-state index in [1.807, 2.05) is 6.92 Å². The van der Waals surface area contributed by atoms with Crippen LogP contribution in [0, 0.1) is 0 Å². The minimum Gasteiger partial charge on any atom is -0.349 e. The van der Waals surface area contributed by atoms with Crippen LogP contribution in [0.4, 0.5) is 0 Å². The van der Waals surface area contributed by atoms with Gasteiger partial charge in [-0.15, -0.1) is 0 Å². The highest BCUT2D eigenvalue weighted by molar-refractivity contribution is 7.82. The second kappa shape index (κ2) is 7.20. The van der Waals surface area contributed by atoms with Gasteiger partial charge in [-0.2, -0.15) is 0 Å². The molecule has 0 amide bonds. The van der Waals surface area contributed by atoms with Gasteiger partial charge in [-0.1, -0.05) is 25.6 Å². The van der Waals surface area contributed by atoms with E-state index in [9.17, 15) is 0 Å². The Morgan fingerprint density at radius 1 is 1.35 bits per heavy atom. The van der Waals surface area contributed by atoms with Crippen LogP contribution >= 0.6 is 24.4 Å². The maximum atomic E-state index is 5.96. The van der Waals surface area contributed by atoms with Crippen LogP contribution in [0.1, 0.15) is 39.5 Å². The molecule has 4 nitrogen and oxygen atoms in total. The Kier molecular flexibility index (Phi) is 6.26. The molecule has 1 aliphatic rings. The third-order valence-electron chi connectivity index (χ3n) is 2.71. The smallest absolute Gasteiger partial charge is 0.181 e. The molecule has 17 heavy (non-hydrogen) atoms. The van der Waals surface area contributed by atoms with E-state index in [1.165, 1.54) is 0 Å². The van der Waals surface area contributed by atoms with Crippen LogP contribution < -0.4 is 16.4 Å². The van der Waals surface area contributed by atoms with Gasteiger partial charge in [0.25, 0.3) is 0 Å². The van der Waals surface area contributed by atoms with E-state index in [0.717, 1.165) is 25.7 Å². The van der Waals surface area contributed by atoms with Crippen molar-refractivity contribution < 1.29 is 4.74 Å². The normalized spacial score (nSPS) is 23.1. The van der Waals surface area contributed by atoms with E-state index >= 15 is 0 Å². The average Bonchev–Trinajstić information content (AvgIpc) is 2.55. The molecule has 0 aromatic rings. The summed E-state index contributed by atoms with van der Waals surface area (Å²) in [6.45, 7) is 4.18. The van der Waals surface area contributed by atoms with Crippen molar-refractivity contribution >= 4 is 34.5 Å². The van der Waals surface area contributed by atoms with Gasteiger partial charge in [-0.3, -0.25) is 0 Å². The maximum Gasteiger partial charge on any atom is 0.181 e. The summed E-state index contributed by atoms with van der Waals surface area (Å²) < 4.78 is 5.76. The number of hydrogen-bond acceptors (Lipinski definition) is 4. The minimum absolute atomic E-state index is 0.121. The van der Waals surface area contributed by atoms with Crippen molar-refractivity contribution in [3.05, 3.63) is 0 Å². The highest BCUT2D eigenvalue weighted by Gasteiger charge is 2.25. The first kappa shape index (κ1) is 14.8. The van der Waals surface area contributed by atoms with Gasteiger partial charge in [0.15, 0.2) is 11.3 Å². The van der Waals surface area contributed by atoms with Crippen LogP contribution in [0.3, 0.4) is 0 Å². The van der Waals surface area contributed by atoms with Crippen molar-refractivity contribution in [2.24, 2.45) is 5.73 Å². The van der Waals surface area contributed by atoms with Crippen LogP contribution in [-0.4, -0.2) is 28.5 Å². The molecule has 98 valence electrons. The molecule has 1 saturated heterocycles. The van der Waals surface area contributed by atoms with Crippen LogP contribution in [0.5, 0.6) is 0 Å². The Labute approximate surface area is 114 Å². The number of nitrogens with one attached hydrogen (secondary N) is 2. The summed E-state index contributed by atoms with van der Waals surface area (Å²) in [6, 6.07) is 0.272. The van der Waals surface area contributed by atoms with Gasteiger partial charge in [-0.25, -0.2) is 0 Å². The fourth-order valence-electron chi connectivity index (χ4n) is 1.76. The fourth-order valence-corrected chi connectivity index (χ4v) is 2.26. The monoisotopic (exact) mass is 275 g/mol. The fraction of sp³-hybridized carbons (Fsp3) is 0.818. The van der Waals surface area contributed by atoms with Gasteiger partial charge in [0.1, 0.15) is 4.99 Å². The zero-order valence-corrected chi connectivity index (χ0v) is 12.0. The van der Waals surface area contributed by atoms with E-state index in [2.05, 4.69) is 17.6 Å². The Bertz CT molecular complexity index is 286. The SMILES string of the molecule is CCCC(N)CCC(C)OC1NC(=S)NC1=S. The zero-order valence-electron chi connectivity index (χ0n) is 10.4. The quantitative estimate of drug-likeness (QED) is 0.611. The van der Waals surface area contributed by atoms with Crippen LogP contribution in [0.2, 0.25) is 0 Å². The van der Waals surface area contributed by atoms with Crippen LogP contribution in [0.15, 0.2) is 0 Å². The topological polar surface area (TPSA) is 59.3 Å². The third-order valence-corrected chi connectivity index (χ3v) is 3.24. The molecule has 0 aromatic heterocycles. The summed E-state index contributed by atoms with van der Waals surface area (Å²) in [5.41, 5.74) is 5.96. The minimum atomic E-state index is -0.283. The molecule has 4 N–H and O–H groups in total. The summed E-state index contributed by atoms with van der Waals surface area (Å²) in [5.74, 6) is 0. The number of ether oxygens (including phenoxy) is 1. The first-order valence-corrected chi connectivity index (χ1v) is 6.87. The Morgan fingerprint density at radius 3 is 2.59 bits per heavy atom. The third kappa shape index (κ3) is 5.25. The molecule has 1 aliphatic heterocycles. The molecular weight excluding hydrogens is 254 g/mol. The van der Waals surface area contributed by atoms with Crippen molar-refractivity contribution in [1.82, 2.24) is 10.6 Å². The van der Waals surface area contributed by atoms with Crippen molar-refractivity contribution in [3.8, 4) is 0 Å². The maximum absolute atomic E-state index is 5.96. The van der Waals surface area contributed by atoms with Gasteiger partial charge in [0.2, 0.25) is 0 Å². The van der Waals surface area contributed by atoms with Crippen molar-refractivity contribution in [2.75, 3.05) is 0 Å². The van der Waals surface area contributed by atoms with Crippen LogP contribution in [0.25, 0.3) is 0 Å². The van der Waals surface area contributed by atoms with E-state index in [0.29, 0.717) is 10.1 Å². The molecule has 0 aliphatic carbocycles. The van der Waals surface area contributed by atoms with Gasteiger partial charge in [0, 0.05) is 6.04 Å². The molecule has 1 heterocycles. The average molecular weight is 275 g/mol. The molecule has 0 saturated carbocycles. The highest BCUT2D eigenvalue weighted by atomic mass is 32.1. The molecule has 0 bridgehead atoms. The standard InChI is InChI=1S/C11H21N3OS2/c1-3-4-8(12)6-5-7(2)15-9-10(16)14-11(17)13-9/h7-9H,3-6,12H2,1-2H3,(H2,13,14,16,17). The molecule has 3 atom stereocenters. The molecule has 6 heteroatoms. The van der Waals surface area contributed by atoms with E-state index in [1.54, 1.807) is 0 Å². The lowest BCUT2D eigenvalue weighted by molar-refractivity contribution is 0.0244. The predicted octanol–water partition coefficient (Wildman–Crippen LogP) is 1.43. The molecule has 0 spiro atoms. The molecular formula is C11H21N3OS2. The molecule has 0 aromatic carbocycles. The van der Waals surface area contributed by atoms with Gasteiger partial charge < -0.3 is 21.1 Å². The summed E-state index contributed by atoms with van der Waals surface area (Å²) in [5, 5.41) is 6.37. The van der Waals surface area contributed by atoms with Crippen molar-refractivity contribution in [1.29, 1.82) is 0 Å². The predicted molar refractivity (Wildman–Crippen MR) is 77.9 cm³/mol. The second-order valence-corrected chi connectivity index (χ2v) is 5.26. The Balaban J connectivity index is 2.23. The Morgan fingerprint density at radius 2 is 2.06 bits per heavy atom. The lowest BCUT2D eigenvalue weighted by atomic mass is 10.1. The van der Waals surface area contributed by atoms with Gasteiger partial charge in [-0.05, 0) is 38.4 Å². The van der Waals surface area contributed by atoms with Crippen molar-refractivity contribution in [2.45, 2.75) is 57.9 Å². The lowest BCUT2D eigenvalue weighted by Crippen LogP contribution is -2.34. The number of thiocarbonyl (C=S) groups is 2. The second-order valence-electron chi connectivity index (χ2n) is 4.42. The Hall–Kier alpha value is -0.300. The lowest BCUT2D eigenvalue weighted by Gasteiger charge is -2.19. The summed E-state index contributed by atoms with van der Waals surface area (Å²) in [4.78, 5) is 0.611. The zero-order chi connectivity index (χ0) is 12.8. The first-order valence-electron chi connectivity index (χ1n) is 6.05. The highest BCUT2D eigenvalue weighted by Crippen LogP contribution is 2.10. The van der Waals surface area contributed by atoms with E-state index in [-0.39, 0.29) is 18.4 Å². The number of hydrogen-bond donors (Lipinski definition) is 3. The molecule has 3 unspecified atom stereocenters. The number of rotatable bonds is 7. The van der Waals surface area contributed by atoms with Gasteiger partial charge >= 0.3 is 0 Å². The van der Waals surface area contributed by atoms with Crippen molar-refractivity contribution in [3.63, 3.8) is 0 Å². The van der Waals surface area contributed by atoms with E-state index < -0.39 is 0 Å². The molecule has 0 radical (unpaired) electrons. The molecule has 1 rings (SSSR count). The first-order chi connectivity index (χ1) is 8.02. The molecule has 1 fully saturated rings.